The summed E-state index contributed by atoms with van der Waals surface area (Å²) in [6.07, 6.45) is 0. The molecule has 0 fully saturated rings. The minimum absolute atomic E-state index is 0.112. The molecule has 0 aromatic heterocycles. The summed E-state index contributed by atoms with van der Waals surface area (Å²) >= 11 is 5.78. The molecule has 2 rings (SSSR count). The first-order valence-electron chi connectivity index (χ1n) is 5.68. The van der Waals surface area contributed by atoms with Crippen molar-refractivity contribution in [2.24, 2.45) is 0 Å². The van der Waals surface area contributed by atoms with Crippen LogP contribution in [0, 0.1) is 5.82 Å². The first kappa shape index (κ1) is 14.0. The van der Waals surface area contributed by atoms with Crippen molar-refractivity contribution in [2.75, 3.05) is 5.73 Å². The van der Waals surface area contributed by atoms with Gasteiger partial charge in [-0.2, -0.15) is 0 Å². The predicted molar refractivity (Wildman–Crippen MR) is 77.8 cm³/mol. The molecule has 0 saturated carbocycles. The van der Waals surface area contributed by atoms with E-state index in [1.54, 1.807) is 18.2 Å². The van der Waals surface area contributed by atoms with Crippen molar-refractivity contribution in [3.05, 3.63) is 64.4 Å². The quantitative estimate of drug-likeness (QED) is 0.878. The Hall–Kier alpha value is -1.39. The van der Waals surface area contributed by atoms with Gasteiger partial charge in [0.2, 0.25) is 0 Å². The van der Waals surface area contributed by atoms with Crippen molar-refractivity contribution in [3.63, 3.8) is 0 Å². The van der Waals surface area contributed by atoms with Crippen molar-refractivity contribution in [1.29, 1.82) is 0 Å². The van der Waals surface area contributed by atoms with Crippen molar-refractivity contribution in [3.8, 4) is 0 Å². The Morgan fingerprint density at radius 1 is 1.11 bits per heavy atom. The molecule has 2 aromatic carbocycles. The first-order valence-corrected chi connectivity index (χ1v) is 7.55. The van der Waals surface area contributed by atoms with Crippen LogP contribution in [-0.4, -0.2) is 4.21 Å². The maximum absolute atomic E-state index is 13.6. The highest BCUT2D eigenvalue weighted by Crippen LogP contribution is 2.19. The van der Waals surface area contributed by atoms with Crippen LogP contribution in [0.2, 0.25) is 5.02 Å². The second-order valence-corrected chi connectivity index (χ2v) is 6.06. The molecule has 2 nitrogen and oxygen atoms in total. The van der Waals surface area contributed by atoms with Crippen molar-refractivity contribution < 1.29 is 8.60 Å². The van der Waals surface area contributed by atoms with E-state index in [-0.39, 0.29) is 5.75 Å². The molecule has 0 amide bonds. The van der Waals surface area contributed by atoms with E-state index in [2.05, 4.69) is 0 Å². The van der Waals surface area contributed by atoms with Crippen LogP contribution in [0.15, 0.2) is 42.5 Å². The van der Waals surface area contributed by atoms with Crippen molar-refractivity contribution >= 4 is 28.1 Å². The van der Waals surface area contributed by atoms with Gasteiger partial charge in [0, 0.05) is 32.8 Å². The molecule has 2 aromatic rings. The van der Waals surface area contributed by atoms with Gasteiger partial charge in [0.1, 0.15) is 5.82 Å². The molecule has 1 atom stereocenters. The molecule has 0 heterocycles. The summed E-state index contributed by atoms with van der Waals surface area (Å²) in [6, 6.07) is 11.6. The minimum Gasteiger partial charge on any atom is -0.398 e. The number of anilines is 1. The van der Waals surface area contributed by atoms with E-state index in [9.17, 15) is 8.60 Å². The molecule has 100 valence electrons. The number of nitrogen functional groups attached to an aromatic ring is 1. The molecule has 2 N–H and O–H groups in total. The van der Waals surface area contributed by atoms with Crippen LogP contribution in [-0.2, 0) is 22.3 Å². The lowest BCUT2D eigenvalue weighted by Crippen LogP contribution is -2.04. The highest BCUT2D eigenvalue weighted by molar-refractivity contribution is 7.83. The van der Waals surface area contributed by atoms with Gasteiger partial charge in [0.05, 0.1) is 5.75 Å². The van der Waals surface area contributed by atoms with Gasteiger partial charge < -0.3 is 5.73 Å². The van der Waals surface area contributed by atoms with Gasteiger partial charge in [0.25, 0.3) is 0 Å². The lowest BCUT2D eigenvalue weighted by Gasteiger charge is -2.07. The second kappa shape index (κ2) is 6.17. The first-order chi connectivity index (χ1) is 9.06. The van der Waals surface area contributed by atoms with Gasteiger partial charge in [-0.25, -0.2) is 4.39 Å². The lowest BCUT2D eigenvalue weighted by molar-refractivity contribution is 0.616. The van der Waals surface area contributed by atoms with Crippen molar-refractivity contribution in [2.45, 2.75) is 11.5 Å². The monoisotopic (exact) mass is 297 g/mol. The van der Waals surface area contributed by atoms with E-state index in [1.165, 1.54) is 12.1 Å². The van der Waals surface area contributed by atoms with Crippen LogP contribution in [0.3, 0.4) is 0 Å². The molecule has 1 unspecified atom stereocenters. The fourth-order valence-electron chi connectivity index (χ4n) is 1.71. The van der Waals surface area contributed by atoms with E-state index in [1.807, 2.05) is 12.1 Å². The van der Waals surface area contributed by atoms with Crippen LogP contribution < -0.4 is 5.73 Å². The third-order valence-corrected chi connectivity index (χ3v) is 4.22. The van der Waals surface area contributed by atoms with E-state index in [4.69, 9.17) is 17.3 Å². The second-order valence-electron chi connectivity index (χ2n) is 4.16. The van der Waals surface area contributed by atoms with Crippen LogP contribution in [0.5, 0.6) is 0 Å². The Bertz CT molecular complexity index is 581. The van der Waals surface area contributed by atoms with Gasteiger partial charge in [-0.05, 0) is 29.8 Å². The van der Waals surface area contributed by atoms with Crippen molar-refractivity contribution in [1.82, 2.24) is 0 Å². The third kappa shape index (κ3) is 3.78. The molecule has 19 heavy (non-hydrogen) atoms. The van der Waals surface area contributed by atoms with Gasteiger partial charge >= 0.3 is 0 Å². The summed E-state index contributed by atoms with van der Waals surface area (Å²) in [5.41, 5.74) is 7.24. The summed E-state index contributed by atoms with van der Waals surface area (Å²) in [5, 5.41) is 0.632. The molecule has 0 aliphatic heterocycles. The van der Waals surface area contributed by atoms with Gasteiger partial charge in [0.15, 0.2) is 0 Å². The fraction of sp³-hybridized carbons (Fsp3) is 0.143. The molecule has 0 aliphatic rings. The van der Waals surface area contributed by atoms with E-state index >= 15 is 0 Å². The maximum Gasteiger partial charge on any atom is 0.129 e. The smallest absolute Gasteiger partial charge is 0.129 e. The average molecular weight is 298 g/mol. The molecule has 0 saturated heterocycles. The zero-order valence-electron chi connectivity index (χ0n) is 10.1. The largest absolute Gasteiger partial charge is 0.398 e. The van der Waals surface area contributed by atoms with Gasteiger partial charge in [-0.1, -0.05) is 29.8 Å². The standard InChI is InChI=1S/C14H13ClFNOS/c15-11-6-4-10(5-7-11)8-19(18)9-12-13(16)2-1-3-14(12)17/h1-7H,8-9,17H2. The Morgan fingerprint density at radius 2 is 1.79 bits per heavy atom. The molecule has 0 spiro atoms. The minimum atomic E-state index is -1.21. The number of nitrogens with two attached hydrogens (primary N) is 1. The summed E-state index contributed by atoms with van der Waals surface area (Å²) in [7, 11) is -1.21. The highest BCUT2D eigenvalue weighted by Gasteiger charge is 2.10. The number of hydrogen-bond donors (Lipinski definition) is 1. The van der Waals surface area contributed by atoms with Gasteiger partial charge in [-0.15, -0.1) is 0 Å². The fourth-order valence-corrected chi connectivity index (χ4v) is 3.12. The van der Waals surface area contributed by atoms with Crippen LogP contribution in [0.4, 0.5) is 10.1 Å². The average Bonchev–Trinajstić information content (AvgIpc) is 2.37. The summed E-state index contributed by atoms with van der Waals surface area (Å²) in [4.78, 5) is 0. The van der Waals surface area contributed by atoms with Crippen LogP contribution in [0.1, 0.15) is 11.1 Å². The number of hydrogen-bond acceptors (Lipinski definition) is 2. The number of rotatable bonds is 4. The Labute approximate surface area is 118 Å². The molecular formula is C14H13ClFNOS. The SMILES string of the molecule is Nc1cccc(F)c1CS(=O)Cc1ccc(Cl)cc1. The number of benzene rings is 2. The van der Waals surface area contributed by atoms with Crippen LogP contribution in [0.25, 0.3) is 0 Å². The zero-order chi connectivity index (χ0) is 13.8. The zero-order valence-corrected chi connectivity index (χ0v) is 11.7. The van der Waals surface area contributed by atoms with E-state index < -0.39 is 16.6 Å². The Balaban J connectivity index is 2.07. The summed E-state index contributed by atoms with van der Waals surface area (Å²) < 4.78 is 25.6. The topological polar surface area (TPSA) is 43.1 Å². The van der Waals surface area contributed by atoms with Crippen LogP contribution >= 0.6 is 11.6 Å². The maximum atomic E-state index is 13.6. The summed E-state index contributed by atoms with van der Waals surface area (Å²) in [5.74, 6) is 0.0518. The van der Waals surface area contributed by atoms with E-state index in [0.29, 0.717) is 22.0 Å². The molecule has 0 bridgehead atoms. The summed E-state index contributed by atoms with van der Waals surface area (Å²) in [6.45, 7) is 0. The predicted octanol–water partition coefficient (Wildman–Crippen LogP) is 3.51. The van der Waals surface area contributed by atoms with E-state index in [0.717, 1.165) is 5.56 Å². The molecule has 0 aliphatic carbocycles. The Morgan fingerprint density at radius 3 is 2.42 bits per heavy atom. The van der Waals surface area contributed by atoms with Gasteiger partial charge in [-0.3, -0.25) is 4.21 Å². The number of halogens is 2. The lowest BCUT2D eigenvalue weighted by atomic mass is 10.2. The molecule has 0 radical (unpaired) electrons. The molecule has 5 heteroatoms. The normalized spacial score (nSPS) is 12.3. The Kier molecular flexibility index (Phi) is 4.56. The molecular weight excluding hydrogens is 285 g/mol. The third-order valence-electron chi connectivity index (χ3n) is 2.70. The highest BCUT2D eigenvalue weighted by atomic mass is 35.5.